The quantitative estimate of drug-likeness (QED) is 0.502. The van der Waals surface area contributed by atoms with Crippen LogP contribution in [0, 0.1) is 0 Å². The van der Waals surface area contributed by atoms with Gasteiger partial charge in [-0.3, -0.25) is 0 Å². The molecule has 0 nitrogen and oxygen atoms in total. The maximum absolute atomic E-state index is 15.7. The normalized spacial score (nSPS) is 13.9. The maximum Gasteiger partial charge on any atom is 0.288 e. The molecule has 0 unspecified atom stereocenters. The molecule has 16 heavy (non-hydrogen) atoms. The molecule has 0 radical (unpaired) electrons. The summed E-state index contributed by atoms with van der Waals surface area (Å²) in [5.41, 5.74) is 0. The summed E-state index contributed by atoms with van der Waals surface area (Å²) in [5, 5.41) is 0.342. The molecule has 1 aromatic rings. The predicted molar refractivity (Wildman–Crippen MR) is 72.4 cm³/mol. The van der Waals surface area contributed by atoms with Gasteiger partial charge in [0.1, 0.15) is 0 Å². The summed E-state index contributed by atoms with van der Waals surface area (Å²) in [4.78, 5) is 0. The van der Waals surface area contributed by atoms with Crippen LogP contribution in [0.4, 0.5) is 4.11 Å². The Morgan fingerprint density at radius 3 is 1.50 bits per heavy atom. The van der Waals surface area contributed by atoms with Gasteiger partial charge in [0.05, 0.1) is 0 Å². The first-order chi connectivity index (χ1) is 7.11. The molecule has 0 bridgehead atoms. The highest BCUT2D eigenvalue weighted by molar-refractivity contribution is 6.90. The first-order valence-corrected chi connectivity index (χ1v) is 7.73. The Bertz CT molecular complexity index is 329. The van der Waals surface area contributed by atoms with Crippen molar-refractivity contribution in [1.29, 1.82) is 0 Å². The number of benzene rings is 1. The Labute approximate surface area is 100 Å². The Kier molecular flexibility index (Phi) is 3.35. The van der Waals surface area contributed by atoms with Crippen molar-refractivity contribution in [3.8, 4) is 0 Å². The molecule has 0 aliphatic carbocycles. The monoisotopic (exact) mass is 238 g/mol. The number of rotatable bonds is 1. The van der Waals surface area contributed by atoms with Crippen LogP contribution in [0.2, 0.25) is 10.1 Å². The van der Waals surface area contributed by atoms with Gasteiger partial charge in [-0.2, -0.15) is 0 Å². The molecule has 0 saturated heterocycles. The van der Waals surface area contributed by atoms with E-state index >= 15 is 4.11 Å². The minimum atomic E-state index is -3.03. The molecule has 1 aromatic carbocycles. The zero-order chi connectivity index (χ0) is 12.6. The van der Waals surface area contributed by atoms with Gasteiger partial charge in [-0.1, -0.05) is 71.9 Å². The second-order valence-electron chi connectivity index (χ2n) is 6.52. The van der Waals surface area contributed by atoms with E-state index in [1.807, 2.05) is 71.9 Å². The average Bonchev–Trinajstić information content (AvgIpc) is 2.14. The van der Waals surface area contributed by atoms with E-state index in [-0.39, 0.29) is 10.1 Å². The molecule has 0 N–H and O–H groups in total. The van der Waals surface area contributed by atoms with Gasteiger partial charge in [-0.05, 0) is 15.3 Å². The lowest BCUT2D eigenvalue weighted by Gasteiger charge is -2.44. The smallest absolute Gasteiger partial charge is 0.288 e. The van der Waals surface area contributed by atoms with Crippen LogP contribution in [0.5, 0.6) is 0 Å². The van der Waals surface area contributed by atoms with E-state index < -0.39 is 8.41 Å². The summed E-state index contributed by atoms with van der Waals surface area (Å²) in [7, 11) is -3.03. The number of hydrogen-bond donors (Lipinski definition) is 0. The van der Waals surface area contributed by atoms with Crippen LogP contribution >= 0.6 is 0 Å². The van der Waals surface area contributed by atoms with Crippen LogP contribution in [0.1, 0.15) is 41.5 Å². The van der Waals surface area contributed by atoms with E-state index in [9.17, 15) is 0 Å². The molecule has 0 atom stereocenters. The van der Waals surface area contributed by atoms with Crippen molar-refractivity contribution in [3.05, 3.63) is 30.3 Å². The molecule has 0 fully saturated rings. The topological polar surface area (TPSA) is 0 Å². The fourth-order valence-electron chi connectivity index (χ4n) is 2.66. The Morgan fingerprint density at radius 1 is 0.812 bits per heavy atom. The van der Waals surface area contributed by atoms with E-state index in [2.05, 4.69) is 0 Å². The summed E-state index contributed by atoms with van der Waals surface area (Å²) >= 11 is 0. The van der Waals surface area contributed by atoms with Crippen molar-refractivity contribution in [1.82, 2.24) is 0 Å². The van der Waals surface area contributed by atoms with Crippen LogP contribution in [0.3, 0.4) is 0 Å². The van der Waals surface area contributed by atoms with E-state index in [4.69, 9.17) is 0 Å². The molecular weight excluding hydrogens is 215 g/mol. The molecule has 0 heterocycles. The maximum atomic E-state index is 15.7. The van der Waals surface area contributed by atoms with Crippen LogP contribution in [-0.4, -0.2) is 8.41 Å². The molecule has 0 aliphatic rings. The van der Waals surface area contributed by atoms with Crippen molar-refractivity contribution in [2.45, 2.75) is 51.6 Å². The predicted octanol–water partition coefficient (Wildman–Crippen LogP) is 4.41. The second kappa shape index (κ2) is 3.99. The van der Waals surface area contributed by atoms with Gasteiger partial charge in [0.25, 0.3) is 8.41 Å². The first kappa shape index (κ1) is 13.4. The van der Waals surface area contributed by atoms with E-state index in [1.54, 1.807) is 0 Å². The highest BCUT2D eigenvalue weighted by atomic mass is 28.4. The highest BCUT2D eigenvalue weighted by Gasteiger charge is 2.56. The molecule has 0 spiro atoms. The summed E-state index contributed by atoms with van der Waals surface area (Å²) in [6.45, 7) is 12.2. The van der Waals surface area contributed by atoms with Gasteiger partial charge in [-0.25, -0.2) is 0 Å². The van der Waals surface area contributed by atoms with E-state index in [0.29, 0.717) is 0 Å². The van der Waals surface area contributed by atoms with Gasteiger partial charge in [0.15, 0.2) is 0 Å². The Morgan fingerprint density at radius 2 is 1.19 bits per heavy atom. The van der Waals surface area contributed by atoms with Gasteiger partial charge < -0.3 is 4.11 Å². The standard InChI is InChI=1S/C14H23FSi/c1-13(2,3)16(15,14(4,5)6)12-10-8-7-9-11-12/h7-11H,1-6H3. The number of halogens is 1. The van der Waals surface area contributed by atoms with Crippen molar-refractivity contribution >= 4 is 13.6 Å². The van der Waals surface area contributed by atoms with Crippen molar-refractivity contribution in [2.24, 2.45) is 0 Å². The number of hydrogen-bond acceptors (Lipinski definition) is 0. The molecule has 2 heteroatoms. The van der Waals surface area contributed by atoms with Gasteiger partial charge >= 0.3 is 0 Å². The van der Waals surface area contributed by atoms with E-state index in [0.717, 1.165) is 5.19 Å². The lowest BCUT2D eigenvalue weighted by atomic mass is 10.2. The Hall–Kier alpha value is -0.633. The molecule has 0 aliphatic heterocycles. The third-order valence-corrected chi connectivity index (χ3v) is 8.50. The van der Waals surface area contributed by atoms with E-state index in [1.165, 1.54) is 0 Å². The lowest BCUT2D eigenvalue weighted by molar-refractivity contribution is 0.535. The summed E-state index contributed by atoms with van der Waals surface area (Å²) < 4.78 is 15.7. The summed E-state index contributed by atoms with van der Waals surface area (Å²) in [5.74, 6) is 0. The zero-order valence-electron chi connectivity index (χ0n) is 11.3. The molecular formula is C14H23FSi. The minimum Gasteiger partial charge on any atom is -0.307 e. The molecule has 0 aromatic heterocycles. The molecule has 90 valence electrons. The minimum absolute atomic E-state index is 0.285. The highest BCUT2D eigenvalue weighted by Crippen LogP contribution is 2.51. The SMILES string of the molecule is CC(C)(C)[Si](F)(c1ccccc1)C(C)(C)C. The summed E-state index contributed by atoms with van der Waals surface area (Å²) in [6.07, 6.45) is 0. The van der Waals surface area contributed by atoms with Crippen LogP contribution in [0.15, 0.2) is 30.3 Å². The van der Waals surface area contributed by atoms with Crippen molar-refractivity contribution < 1.29 is 4.11 Å². The fourth-order valence-corrected chi connectivity index (χ4v) is 7.29. The zero-order valence-corrected chi connectivity index (χ0v) is 12.3. The molecule has 1 rings (SSSR count). The molecule has 0 amide bonds. The Balaban J connectivity index is 3.39. The van der Waals surface area contributed by atoms with Crippen LogP contribution in [-0.2, 0) is 0 Å². The third kappa shape index (κ3) is 2.08. The van der Waals surface area contributed by atoms with Gasteiger partial charge in [-0.15, -0.1) is 0 Å². The first-order valence-electron chi connectivity index (χ1n) is 5.85. The third-order valence-electron chi connectivity index (χ3n) is 3.24. The largest absolute Gasteiger partial charge is 0.307 e. The van der Waals surface area contributed by atoms with Crippen LogP contribution < -0.4 is 5.19 Å². The lowest BCUT2D eigenvalue weighted by Crippen LogP contribution is -2.57. The summed E-state index contributed by atoms with van der Waals surface area (Å²) in [6, 6.07) is 9.72. The fraction of sp³-hybridized carbons (Fsp3) is 0.571. The average molecular weight is 238 g/mol. The van der Waals surface area contributed by atoms with Crippen molar-refractivity contribution in [3.63, 3.8) is 0 Å². The van der Waals surface area contributed by atoms with Crippen molar-refractivity contribution in [2.75, 3.05) is 0 Å². The molecule has 0 saturated carbocycles. The second-order valence-corrected chi connectivity index (χ2v) is 11.4. The van der Waals surface area contributed by atoms with Crippen LogP contribution in [0.25, 0.3) is 0 Å². The van der Waals surface area contributed by atoms with Gasteiger partial charge in [0.2, 0.25) is 0 Å². The van der Waals surface area contributed by atoms with Gasteiger partial charge in [0, 0.05) is 0 Å².